The topological polar surface area (TPSA) is 343 Å². The van der Waals surface area contributed by atoms with Crippen molar-refractivity contribution < 1.29 is 74.7 Å². The summed E-state index contributed by atoms with van der Waals surface area (Å²) in [6, 6.07) is 0.360. The van der Waals surface area contributed by atoms with Gasteiger partial charge in [0, 0.05) is 11.5 Å². The molecule has 1 aromatic rings. The average molecular weight is 745 g/mol. The molecule has 4 atom stereocenters. The van der Waals surface area contributed by atoms with Crippen LogP contribution in [0.15, 0.2) is 28.7 Å². The van der Waals surface area contributed by atoms with E-state index in [0.717, 1.165) is 0 Å². The fourth-order valence-corrected chi connectivity index (χ4v) is 6.12. The number of halogens is 1. The third-order valence-corrected chi connectivity index (χ3v) is 7.69. The summed E-state index contributed by atoms with van der Waals surface area (Å²) in [5, 5.41) is 47.1. The molecule has 0 aliphatic heterocycles. The fraction of sp³-hybridized carbons (Fsp3) is 0.440. The van der Waals surface area contributed by atoms with Crippen LogP contribution in [-0.2, 0) is 41.6 Å². The van der Waals surface area contributed by atoms with Gasteiger partial charge in [-0.3, -0.25) is 42.3 Å². The molecule has 4 rings (SSSR count). The number of likely N-dealkylation sites (N-methyl/N-ethyl adjacent to an activating group) is 2. The highest BCUT2D eigenvalue weighted by Crippen LogP contribution is 2.53. The summed E-state index contributed by atoms with van der Waals surface area (Å²) in [4.78, 5) is 54.4. The summed E-state index contributed by atoms with van der Waals surface area (Å²) < 4.78 is 63.2. The number of rotatable bonds is 5. The van der Waals surface area contributed by atoms with Crippen LogP contribution in [0.1, 0.15) is 22.3 Å². The van der Waals surface area contributed by atoms with Crippen molar-refractivity contribution in [1.82, 2.24) is 9.80 Å². The van der Waals surface area contributed by atoms with E-state index in [9.17, 15) is 39.6 Å². The number of nitrogens with two attached hydrogens (primary N) is 1. The van der Waals surface area contributed by atoms with Crippen LogP contribution < -0.4 is 11.1 Å². The largest absolute Gasteiger partial charge is 0.510 e. The zero-order chi connectivity index (χ0) is 37.4. The number of aliphatic hydroxyl groups excluding tert-OH is 2. The van der Waals surface area contributed by atoms with Gasteiger partial charge < -0.3 is 36.4 Å². The quantitative estimate of drug-likeness (QED) is 0.0978. The minimum absolute atomic E-state index is 0.00388. The van der Waals surface area contributed by atoms with Crippen LogP contribution in [-0.4, -0.2) is 135 Å². The number of carbonyl (C=O) groups is 4. The van der Waals surface area contributed by atoms with E-state index in [1.807, 2.05) is 0 Å². The smallest absolute Gasteiger partial charge is 0.394 e. The van der Waals surface area contributed by atoms with E-state index >= 15 is 0 Å². The molecule has 0 spiro atoms. The Labute approximate surface area is 278 Å². The molecule has 3 aliphatic carbocycles. The molecule has 48 heavy (non-hydrogen) atoms. The first kappa shape index (κ1) is 40.5. The van der Waals surface area contributed by atoms with E-state index in [4.69, 9.17) is 52.4 Å². The number of hydrogen-bond donors (Lipinski definition) is 10. The number of phenolic OH excluding ortho intramolecular Hbond substituents is 1. The van der Waals surface area contributed by atoms with Crippen molar-refractivity contribution in [2.75, 3.05) is 40.1 Å². The van der Waals surface area contributed by atoms with E-state index in [1.54, 1.807) is 33.1 Å². The number of hydrogen-bond acceptors (Lipinski definition) is 14. The maximum absolute atomic E-state index is 13.7. The fourth-order valence-electron chi connectivity index (χ4n) is 5.86. The van der Waals surface area contributed by atoms with Crippen molar-refractivity contribution in [2.24, 2.45) is 17.6 Å². The van der Waals surface area contributed by atoms with Gasteiger partial charge in [-0.25, -0.2) is 0 Å². The molecule has 0 aromatic heterocycles. The summed E-state index contributed by atoms with van der Waals surface area (Å²) >= 11 is 6.34. The zero-order valence-corrected chi connectivity index (χ0v) is 27.8. The van der Waals surface area contributed by atoms with Crippen molar-refractivity contribution in [2.45, 2.75) is 24.5 Å². The second kappa shape index (κ2) is 14.4. The van der Waals surface area contributed by atoms with E-state index in [0.29, 0.717) is 5.56 Å². The number of aromatic hydroxyl groups is 1. The summed E-state index contributed by atoms with van der Waals surface area (Å²) in [7, 11) is -2.89. The van der Waals surface area contributed by atoms with Gasteiger partial charge in [-0.1, -0.05) is 11.6 Å². The lowest BCUT2D eigenvalue weighted by atomic mass is 9.58. The van der Waals surface area contributed by atoms with Crippen molar-refractivity contribution >= 4 is 61.5 Å². The molecular weight excluding hydrogens is 712 g/mol. The molecular formula is C25H33ClN4O16S2. The first-order valence-electron chi connectivity index (χ1n) is 13.2. The third kappa shape index (κ3) is 8.84. The molecule has 0 saturated heterocycles. The predicted octanol–water partition coefficient (Wildman–Crippen LogP) is -1.03. The predicted molar refractivity (Wildman–Crippen MR) is 164 cm³/mol. The number of anilines is 1. The highest BCUT2D eigenvalue weighted by Gasteiger charge is 2.63. The van der Waals surface area contributed by atoms with E-state index in [-0.39, 0.29) is 41.2 Å². The monoisotopic (exact) mass is 744 g/mol. The lowest BCUT2D eigenvalue weighted by molar-refractivity contribution is -0.148. The lowest BCUT2D eigenvalue weighted by Crippen LogP contribution is -2.63. The number of Topliss-reactive ketones (excluding diaryl/α,β-unsaturated/α-hetero) is 2. The van der Waals surface area contributed by atoms with E-state index < -0.39 is 90.5 Å². The number of primary amides is 1. The minimum Gasteiger partial charge on any atom is -0.510 e. The summed E-state index contributed by atoms with van der Waals surface area (Å²) in [6.07, 6.45) is 0.0548. The summed E-state index contributed by atoms with van der Waals surface area (Å²) in [6.45, 7) is -0.0268. The molecule has 0 fully saturated rings. The lowest BCUT2D eigenvalue weighted by Gasteiger charge is -2.50. The number of amides is 2. The Morgan fingerprint density at radius 3 is 1.96 bits per heavy atom. The zero-order valence-electron chi connectivity index (χ0n) is 25.4. The van der Waals surface area contributed by atoms with Gasteiger partial charge in [-0.15, -0.1) is 0 Å². The molecule has 0 saturated carbocycles. The number of allylic oxidation sites excluding steroid dienone is 1. The van der Waals surface area contributed by atoms with Crippen LogP contribution >= 0.6 is 11.6 Å². The van der Waals surface area contributed by atoms with E-state index in [2.05, 4.69) is 5.32 Å². The first-order valence-corrected chi connectivity index (χ1v) is 16.3. The number of aliphatic hydroxyl groups is 3. The van der Waals surface area contributed by atoms with Crippen LogP contribution in [0.2, 0.25) is 5.02 Å². The second-order valence-electron chi connectivity index (χ2n) is 11.3. The minimum atomic E-state index is -4.67. The SMILES string of the molecule is CN(C)CC(=O)Nc1c(Cl)cc2c(c1O)C(=O)C1=C(O)[C@]3(O)C(=O)C(C(N)=O)=C(O)[C@@H](N(C)C)C3CC1C2.O=S(=O)(O)O.O=S(=O)(O)O. The van der Waals surface area contributed by atoms with Crippen molar-refractivity contribution in [3.63, 3.8) is 0 Å². The first-order chi connectivity index (χ1) is 21.6. The molecule has 0 heterocycles. The molecule has 20 nitrogen and oxygen atoms in total. The Hall–Kier alpha value is -3.71. The van der Waals surface area contributed by atoms with Gasteiger partial charge in [0.05, 0.1) is 23.2 Å². The van der Waals surface area contributed by atoms with Gasteiger partial charge in [0.15, 0.2) is 17.1 Å². The number of ketones is 2. The average Bonchev–Trinajstić information content (AvgIpc) is 2.85. The van der Waals surface area contributed by atoms with Crippen LogP contribution in [0.25, 0.3) is 0 Å². The maximum Gasteiger partial charge on any atom is 0.394 e. The third-order valence-electron chi connectivity index (χ3n) is 7.39. The molecule has 268 valence electrons. The second-order valence-corrected chi connectivity index (χ2v) is 13.5. The molecule has 0 radical (unpaired) electrons. The number of benzene rings is 1. The van der Waals surface area contributed by atoms with Gasteiger partial charge >= 0.3 is 20.8 Å². The van der Waals surface area contributed by atoms with Gasteiger partial charge in [-0.2, -0.15) is 16.8 Å². The van der Waals surface area contributed by atoms with Crippen molar-refractivity contribution in [1.29, 1.82) is 0 Å². The van der Waals surface area contributed by atoms with Gasteiger partial charge in [0.2, 0.25) is 11.7 Å². The molecule has 0 bridgehead atoms. The van der Waals surface area contributed by atoms with Crippen molar-refractivity contribution in [3.05, 3.63) is 44.9 Å². The normalized spacial score (nSPS) is 23.7. The number of phenols is 1. The molecule has 3 aliphatic rings. The van der Waals surface area contributed by atoms with Crippen LogP contribution in [0, 0.1) is 11.8 Å². The maximum atomic E-state index is 13.7. The summed E-state index contributed by atoms with van der Waals surface area (Å²) in [5.74, 6) is -8.04. The Kier molecular flexibility index (Phi) is 12.2. The van der Waals surface area contributed by atoms with E-state index in [1.165, 1.54) is 11.0 Å². The van der Waals surface area contributed by atoms with Gasteiger partial charge in [-0.05, 0) is 58.6 Å². The molecule has 1 aromatic carbocycles. The van der Waals surface area contributed by atoms with Crippen molar-refractivity contribution in [3.8, 4) is 5.75 Å². The number of nitrogens with zero attached hydrogens (tertiary/aromatic N) is 2. The number of nitrogens with one attached hydrogen (secondary N) is 1. The van der Waals surface area contributed by atoms with Crippen LogP contribution in [0.3, 0.4) is 0 Å². The Morgan fingerprint density at radius 2 is 1.52 bits per heavy atom. The Bertz CT molecular complexity index is 1780. The molecule has 11 N–H and O–H groups in total. The van der Waals surface area contributed by atoms with Crippen LogP contribution in [0.5, 0.6) is 5.75 Å². The molecule has 2 amide bonds. The number of carbonyl (C=O) groups excluding carboxylic acids is 4. The standard InChI is InChI=1S/C25H29ClN4O8.2H2O4S/c1-29(2)8-13(31)28-17-12(26)7-10-5-9-6-11-18(30(3)4)21(34)16(24(27)37)23(36)25(11,38)22(35)15(9)19(32)14(10)20(17)33;2*1-5(2,3)4/h7,9,11,18,33-35,38H,5-6,8H2,1-4H3,(H2,27,37)(H,28,31);2*(H2,1,2,3,4)/t9?,11?,18-,25-;;/m0../s1. The van der Waals surface area contributed by atoms with Gasteiger partial charge in [0.25, 0.3) is 5.91 Å². The summed E-state index contributed by atoms with van der Waals surface area (Å²) in [5.41, 5.74) is 1.33. The Balaban J connectivity index is 0.000000700. The highest BCUT2D eigenvalue weighted by molar-refractivity contribution is 7.80. The molecule has 2 unspecified atom stereocenters. The Morgan fingerprint density at radius 1 is 1.02 bits per heavy atom. The van der Waals surface area contributed by atoms with Gasteiger partial charge in [0.1, 0.15) is 22.8 Å². The van der Waals surface area contributed by atoms with Crippen LogP contribution in [0.4, 0.5) is 5.69 Å². The highest BCUT2D eigenvalue weighted by atomic mass is 35.5. The molecule has 23 heteroatoms. The number of fused-ring (bicyclic) bond motifs is 3.